The average Bonchev–Trinajstić information content (AvgIpc) is 1.56. The molecule has 0 fully saturated rings. The van der Waals surface area contributed by atoms with Gasteiger partial charge in [0, 0.05) is 115 Å². The van der Waals surface area contributed by atoms with E-state index >= 15 is 0 Å². The quantitative estimate of drug-likeness (QED) is 0.117. The van der Waals surface area contributed by atoms with Gasteiger partial charge in [0.2, 0.25) is 17.8 Å². The molecule has 0 amide bonds. The second kappa shape index (κ2) is 32.0. The van der Waals surface area contributed by atoms with E-state index in [9.17, 15) is 0 Å². The summed E-state index contributed by atoms with van der Waals surface area (Å²) in [6.45, 7) is 0. The van der Waals surface area contributed by atoms with Gasteiger partial charge in [-0.1, -0.05) is 364 Å². The SMILES string of the molecule is c1ccc(-c2nc(-c3ccccc3)nc(-n3c4ccccc4c4c3ccc3c5ccccc5n(-c5ccccc5)c34)n2)cc1.c1ccc(-c2nc(-c3ccccc3)nc(-n3c4ccccc4c4c5c6ccccc6n(-c6ccccc6)c5ccc43)n2)cc1.c1ccc(-c2nc(-c3ccccc3)nc(-n3c4ccccc4c4ccc5c6ccccc6n(-c6ccccc6)c5c43)n2)cc1. The molecule has 9 aromatic heterocycles. The van der Waals surface area contributed by atoms with Crippen molar-refractivity contribution >= 4 is 131 Å². The first-order valence-corrected chi connectivity index (χ1v) is 44.2. The van der Waals surface area contributed by atoms with Crippen molar-refractivity contribution in [2.75, 3.05) is 0 Å². The van der Waals surface area contributed by atoms with Crippen LogP contribution in [0.3, 0.4) is 0 Å². The lowest BCUT2D eigenvalue weighted by Crippen LogP contribution is -2.07. The molecule has 618 valence electrons. The van der Waals surface area contributed by atoms with Crippen LogP contribution >= 0.6 is 0 Å². The van der Waals surface area contributed by atoms with E-state index in [2.05, 4.69) is 300 Å². The Bertz CT molecular complexity index is 8930. The maximum Gasteiger partial charge on any atom is 0.238 e. The highest BCUT2D eigenvalue weighted by atomic mass is 15.2. The minimum atomic E-state index is 0.585. The highest BCUT2D eigenvalue weighted by Crippen LogP contribution is 2.47. The summed E-state index contributed by atoms with van der Waals surface area (Å²) in [5, 5.41) is 14.2. The maximum atomic E-state index is 5.17. The first kappa shape index (κ1) is 76.2. The Hall–Kier alpha value is -18.2. The molecule has 0 saturated heterocycles. The Morgan fingerprint density at radius 3 is 0.659 bits per heavy atom. The van der Waals surface area contributed by atoms with Gasteiger partial charge in [-0.15, -0.1) is 0 Å². The fraction of sp³-hybridized carbons (Fsp3) is 0. The molecule has 132 heavy (non-hydrogen) atoms. The third kappa shape index (κ3) is 12.8. The van der Waals surface area contributed by atoms with Gasteiger partial charge in [0.15, 0.2) is 34.9 Å². The van der Waals surface area contributed by atoms with Crippen molar-refractivity contribution in [2.45, 2.75) is 0 Å². The highest BCUT2D eigenvalue weighted by Gasteiger charge is 2.29. The molecule has 0 aliphatic heterocycles. The summed E-state index contributed by atoms with van der Waals surface area (Å²) in [7, 11) is 0. The monoisotopic (exact) mass is 1690 g/mol. The number of benzene rings is 18. The van der Waals surface area contributed by atoms with Gasteiger partial charge in [-0.2, -0.15) is 29.9 Å². The molecule has 0 spiro atoms. The number of rotatable bonds is 12. The molecule has 0 unspecified atom stereocenters. The molecule has 27 aromatic rings. The van der Waals surface area contributed by atoms with E-state index < -0.39 is 0 Å². The predicted octanol–water partition coefficient (Wildman–Crippen LogP) is 28.2. The van der Waals surface area contributed by atoms with Gasteiger partial charge in [0.25, 0.3) is 0 Å². The first-order valence-electron chi connectivity index (χ1n) is 44.2. The molecule has 0 bridgehead atoms. The van der Waals surface area contributed by atoms with Crippen LogP contribution in [0.15, 0.2) is 455 Å². The van der Waals surface area contributed by atoms with Crippen molar-refractivity contribution in [3.63, 3.8) is 0 Å². The first-order chi connectivity index (χ1) is 65.5. The van der Waals surface area contributed by atoms with Crippen LogP contribution in [0.2, 0.25) is 0 Å². The Labute approximate surface area is 756 Å². The number of hydrogen-bond acceptors (Lipinski definition) is 9. The lowest BCUT2D eigenvalue weighted by atomic mass is 10.1. The zero-order valence-electron chi connectivity index (χ0n) is 71.0. The topological polar surface area (TPSA) is 146 Å². The molecule has 0 radical (unpaired) electrons. The molecule has 0 aliphatic rings. The third-order valence-electron chi connectivity index (χ3n) is 25.1. The van der Waals surface area contributed by atoms with Crippen LogP contribution in [-0.4, -0.2) is 72.3 Å². The fourth-order valence-corrected chi connectivity index (χ4v) is 19.4. The van der Waals surface area contributed by atoms with Gasteiger partial charge in [-0.3, -0.25) is 13.7 Å². The van der Waals surface area contributed by atoms with Gasteiger partial charge in [-0.25, -0.2) is 15.0 Å². The van der Waals surface area contributed by atoms with Gasteiger partial charge >= 0.3 is 0 Å². The minimum absolute atomic E-state index is 0.585. The number of aromatic nitrogens is 15. The van der Waals surface area contributed by atoms with Gasteiger partial charge in [0.1, 0.15) is 0 Å². The molecule has 9 heterocycles. The standard InChI is InChI=1S/3C39H25N5/c1-4-14-26(15-5-1)37-40-38(27-16-6-2-7-17-27)42-39(41-37)44-33-23-13-11-21-31(33)35-34(44)25-24-30-29-20-10-12-22-32(29)43(36(30)35)28-18-8-3-9-19-28;1-4-14-26(15-5-1)37-40-38(27-16-6-2-7-17-27)42-39(41-37)44-34-23-13-11-21-30(34)32-25-24-31-29-20-10-12-22-33(29)43(35(31)36(32)44)28-18-8-3-9-19-28;1-4-14-26(15-5-1)37-40-38(27-16-6-2-7-17-27)42-39(41-37)44-32-23-13-11-21-30(32)36-34(44)25-24-33-35(36)29-20-10-12-22-31(29)43(33)28-18-8-3-9-19-28/h3*1-25H. The van der Waals surface area contributed by atoms with Crippen LogP contribution in [0.25, 0.3) is 234 Å². The predicted molar refractivity (Wildman–Crippen MR) is 538 cm³/mol. The van der Waals surface area contributed by atoms with E-state index in [-0.39, 0.29) is 0 Å². The Kier molecular flexibility index (Phi) is 18.5. The summed E-state index contributed by atoms with van der Waals surface area (Å²) in [5.74, 6) is 5.60. The smallest absolute Gasteiger partial charge is 0.238 e. The Morgan fingerprint density at radius 2 is 0.326 bits per heavy atom. The molecule has 18 aromatic carbocycles. The fourth-order valence-electron chi connectivity index (χ4n) is 19.4. The summed E-state index contributed by atoms with van der Waals surface area (Å²) in [5.41, 5.74) is 22.3. The van der Waals surface area contributed by atoms with Gasteiger partial charge in [-0.05, 0) is 91.0 Å². The summed E-state index contributed by atoms with van der Waals surface area (Å²) >= 11 is 0. The zero-order chi connectivity index (χ0) is 87.1. The van der Waals surface area contributed by atoms with E-state index in [0.29, 0.717) is 52.8 Å². The van der Waals surface area contributed by atoms with Crippen molar-refractivity contribution in [1.29, 1.82) is 0 Å². The lowest BCUT2D eigenvalue weighted by Gasteiger charge is -2.13. The normalized spacial score (nSPS) is 11.6. The van der Waals surface area contributed by atoms with E-state index in [0.717, 1.165) is 116 Å². The van der Waals surface area contributed by atoms with Gasteiger partial charge < -0.3 is 13.7 Å². The van der Waals surface area contributed by atoms with Gasteiger partial charge in [0.05, 0.1) is 66.2 Å². The van der Waals surface area contributed by atoms with Crippen molar-refractivity contribution in [3.8, 4) is 103 Å². The zero-order valence-corrected chi connectivity index (χ0v) is 71.0. The van der Waals surface area contributed by atoms with Crippen molar-refractivity contribution in [3.05, 3.63) is 455 Å². The summed E-state index contributed by atoms with van der Waals surface area (Å²) in [6, 6.07) is 158. The second-order valence-corrected chi connectivity index (χ2v) is 32.7. The molecule has 0 saturated carbocycles. The van der Waals surface area contributed by atoms with Crippen LogP contribution in [0.1, 0.15) is 0 Å². The minimum Gasteiger partial charge on any atom is -0.309 e. The lowest BCUT2D eigenvalue weighted by molar-refractivity contribution is 0.953. The summed E-state index contributed by atoms with van der Waals surface area (Å²) < 4.78 is 13.7. The number of nitrogens with zero attached hydrogens (tertiary/aromatic N) is 15. The number of hydrogen-bond donors (Lipinski definition) is 0. The number of para-hydroxylation sites is 9. The van der Waals surface area contributed by atoms with Crippen molar-refractivity contribution < 1.29 is 0 Å². The van der Waals surface area contributed by atoms with Crippen LogP contribution in [-0.2, 0) is 0 Å². The molecule has 15 nitrogen and oxygen atoms in total. The maximum absolute atomic E-state index is 5.17. The largest absolute Gasteiger partial charge is 0.309 e. The van der Waals surface area contributed by atoms with E-state index in [1.54, 1.807) is 0 Å². The molecule has 27 rings (SSSR count). The van der Waals surface area contributed by atoms with Crippen LogP contribution in [0, 0.1) is 0 Å². The van der Waals surface area contributed by atoms with Crippen molar-refractivity contribution in [1.82, 2.24) is 72.3 Å². The molecule has 0 aliphatic carbocycles. The average molecular weight is 1690 g/mol. The molecule has 15 heteroatoms. The summed E-state index contributed by atoms with van der Waals surface area (Å²) in [6.07, 6.45) is 0. The van der Waals surface area contributed by atoms with Crippen LogP contribution in [0.5, 0.6) is 0 Å². The van der Waals surface area contributed by atoms with Crippen LogP contribution in [0.4, 0.5) is 0 Å². The Balaban J connectivity index is 0.000000106. The van der Waals surface area contributed by atoms with Crippen molar-refractivity contribution in [2.24, 2.45) is 0 Å². The number of fused-ring (bicyclic) bond motifs is 21. The van der Waals surface area contributed by atoms with E-state index in [1.165, 1.54) is 65.2 Å². The molecule has 0 atom stereocenters. The third-order valence-corrected chi connectivity index (χ3v) is 25.1. The Morgan fingerprint density at radius 1 is 0.121 bits per heavy atom. The van der Waals surface area contributed by atoms with Crippen LogP contribution < -0.4 is 0 Å². The molecular weight excluding hydrogens is 1620 g/mol. The molecule has 0 N–H and O–H groups in total. The highest BCUT2D eigenvalue weighted by molar-refractivity contribution is 6.30. The summed E-state index contributed by atoms with van der Waals surface area (Å²) in [4.78, 5) is 45.6. The van der Waals surface area contributed by atoms with E-state index in [4.69, 9.17) is 44.9 Å². The van der Waals surface area contributed by atoms with E-state index in [1.807, 2.05) is 182 Å². The second-order valence-electron chi connectivity index (χ2n) is 32.7. The molecular formula is C117H75N15.